The van der Waals surface area contributed by atoms with E-state index < -0.39 is 6.10 Å². The molecule has 5 nitrogen and oxygen atoms in total. The van der Waals surface area contributed by atoms with Crippen molar-refractivity contribution in [1.29, 1.82) is 0 Å². The van der Waals surface area contributed by atoms with Gasteiger partial charge in [0.15, 0.2) is 0 Å². The van der Waals surface area contributed by atoms with E-state index in [1.807, 2.05) is 19.1 Å². The van der Waals surface area contributed by atoms with Crippen molar-refractivity contribution < 1.29 is 24.2 Å². The molecular weight excluding hydrogens is 356 g/mol. The summed E-state index contributed by atoms with van der Waals surface area (Å²) in [5.41, 5.74) is 0.507. The van der Waals surface area contributed by atoms with Gasteiger partial charge in [0.25, 0.3) is 0 Å². The number of ether oxygens (including phenoxy) is 2. The maximum Gasteiger partial charge on any atom is 0.338 e. The number of carbonyl (C=O) groups is 2. The van der Waals surface area contributed by atoms with Gasteiger partial charge in [-0.05, 0) is 24.5 Å². The van der Waals surface area contributed by atoms with E-state index in [1.165, 1.54) is 0 Å². The molecule has 1 aromatic rings. The van der Waals surface area contributed by atoms with Gasteiger partial charge in [-0.3, -0.25) is 4.79 Å². The Bertz CT molecular complexity index is 698. The van der Waals surface area contributed by atoms with Crippen LogP contribution in [0.4, 0.5) is 0 Å². The van der Waals surface area contributed by atoms with Gasteiger partial charge in [-0.1, -0.05) is 57.0 Å². The third-order valence-electron chi connectivity index (χ3n) is 5.95. The number of aliphatic hydroxyl groups is 1. The molecule has 1 unspecified atom stereocenters. The summed E-state index contributed by atoms with van der Waals surface area (Å²) in [5, 5.41) is 10.5. The fraction of sp³-hybridized carbons (Fsp3) is 0.565. The van der Waals surface area contributed by atoms with Crippen molar-refractivity contribution in [3.05, 3.63) is 48.0 Å². The molecular formula is C23H30O5. The van der Waals surface area contributed by atoms with E-state index in [-0.39, 0.29) is 41.9 Å². The molecule has 1 N–H and O–H groups in total. The Hall–Kier alpha value is -2.14. The van der Waals surface area contributed by atoms with Crippen LogP contribution in [0, 0.1) is 17.8 Å². The Morgan fingerprint density at radius 2 is 2.11 bits per heavy atom. The Labute approximate surface area is 166 Å². The van der Waals surface area contributed by atoms with Crippen molar-refractivity contribution in [2.45, 2.75) is 64.3 Å². The van der Waals surface area contributed by atoms with Crippen LogP contribution in [0.15, 0.2) is 42.5 Å². The van der Waals surface area contributed by atoms with Gasteiger partial charge in [-0.2, -0.15) is 0 Å². The minimum atomic E-state index is -0.547. The molecule has 0 amide bonds. The molecule has 1 aliphatic carbocycles. The highest BCUT2D eigenvalue weighted by molar-refractivity contribution is 5.89. The number of hydrogen-bond acceptors (Lipinski definition) is 5. The molecule has 0 radical (unpaired) electrons. The van der Waals surface area contributed by atoms with Crippen molar-refractivity contribution in [3.8, 4) is 0 Å². The molecule has 1 aromatic carbocycles. The lowest BCUT2D eigenvalue weighted by Gasteiger charge is -2.21. The number of esters is 2. The number of carbonyl (C=O) groups excluding carboxylic acids is 2. The first-order chi connectivity index (χ1) is 13.5. The van der Waals surface area contributed by atoms with Gasteiger partial charge in [0, 0.05) is 18.3 Å². The van der Waals surface area contributed by atoms with Gasteiger partial charge >= 0.3 is 11.9 Å². The monoisotopic (exact) mass is 386 g/mol. The molecule has 5 heteroatoms. The van der Waals surface area contributed by atoms with Crippen molar-refractivity contribution >= 4 is 11.9 Å². The predicted molar refractivity (Wildman–Crippen MR) is 106 cm³/mol. The van der Waals surface area contributed by atoms with E-state index in [2.05, 4.69) is 6.92 Å². The fourth-order valence-corrected chi connectivity index (χ4v) is 4.20. The summed E-state index contributed by atoms with van der Waals surface area (Å²) in [6.07, 6.45) is 6.61. The highest BCUT2D eigenvalue weighted by Crippen LogP contribution is 2.43. The van der Waals surface area contributed by atoms with Crippen LogP contribution < -0.4 is 0 Å². The molecule has 1 aliphatic heterocycles. The molecule has 1 saturated heterocycles. The molecule has 28 heavy (non-hydrogen) atoms. The number of fused-ring (bicyclic) bond motifs is 1. The molecule has 6 atom stereocenters. The molecule has 0 spiro atoms. The molecule has 1 heterocycles. The van der Waals surface area contributed by atoms with Gasteiger partial charge < -0.3 is 14.6 Å². The Kier molecular flexibility index (Phi) is 6.89. The summed E-state index contributed by atoms with van der Waals surface area (Å²) in [7, 11) is 0. The van der Waals surface area contributed by atoms with Crippen LogP contribution >= 0.6 is 0 Å². The zero-order chi connectivity index (χ0) is 20.1. The summed E-state index contributed by atoms with van der Waals surface area (Å²) >= 11 is 0. The van der Waals surface area contributed by atoms with E-state index in [0.29, 0.717) is 18.4 Å². The van der Waals surface area contributed by atoms with E-state index in [9.17, 15) is 14.7 Å². The normalized spacial score (nSPS) is 28.8. The number of benzene rings is 1. The maximum absolute atomic E-state index is 12.5. The molecule has 3 rings (SSSR count). The van der Waals surface area contributed by atoms with Crippen LogP contribution in [0.3, 0.4) is 0 Å². The maximum atomic E-state index is 12.5. The minimum Gasteiger partial charge on any atom is -0.462 e. The SMILES string of the molecule is CCCCC(C)[C@H](O)/C=C/[C@@H]1[C@H]2CC(=O)O[C@H]2C[C@H]1OC(=O)c1ccccc1. The van der Waals surface area contributed by atoms with Gasteiger partial charge in [-0.15, -0.1) is 0 Å². The number of hydrogen-bond donors (Lipinski definition) is 1. The second kappa shape index (κ2) is 9.37. The summed E-state index contributed by atoms with van der Waals surface area (Å²) in [6, 6.07) is 8.90. The van der Waals surface area contributed by atoms with Crippen LogP contribution in [0.1, 0.15) is 56.3 Å². The van der Waals surface area contributed by atoms with Crippen LogP contribution in [-0.2, 0) is 14.3 Å². The van der Waals surface area contributed by atoms with Crippen LogP contribution in [-0.4, -0.2) is 35.4 Å². The molecule has 0 aromatic heterocycles. The smallest absolute Gasteiger partial charge is 0.338 e. The van der Waals surface area contributed by atoms with Crippen molar-refractivity contribution in [1.82, 2.24) is 0 Å². The first-order valence-electron chi connectivity index (χ1n) is 10.3. The largest absolute Gasteiger partial charge is 0.462 e. The van der Waals surface area contributed by atoms with Crippen molar-refractivity contribution in [3.63, 3.8) is 0 Å². The van der Waals surface area contributed by atoms with E-state index >= 15 is 0 Å². The summed E-state index contributed by atoms with van der Waals surface area (Å²) in [6.45, 7) is 4.17. The van der Waals surface area contributed by atoms with Gasteiger partial charge in [0.05, 0.1) is 18.1 Å². The minimum absolute atomic E-state index is 0.00419. The van der Waals surface area contributed by atoms with E-state index in [4.69, 9.17) is 9.47 Å². The van der Waals surface area contributed by atoms with E-state index in [0.717, 1.165) is 19.3 Å². The number of unbranched alkanes of at least 4 members (excludes halogenated alkanes) is 1. The third-order valence-corrected chi connectivity index (χ3v) is 5.95. The summed E-state index contributed by atoms with van der Waals surface area (Å²) in [5.74, 6) is -0.530. The fourth-order valence-electron chi connectivity index (χ4n) is 4.20. The summed E-state index contributed by atoms with van der Waals surface area (Å²) < 4.78 is 11.2. The average molecular weight is 386 g/mol. The Morgan fingerprint density at radius 3 is 2.82 bits per heavy atom. The average Bonchev–Trinajstić information content (AvgIpc) is 3.20. The number of rotatable bonds is 8. The van der Waals surface area contributed by atoms with Gasteiger partial charge in [0.1, 0.15) is 12.2 Å². The molecule has 152 valence electrons. The highest BCUT2D eigenvalue weighted by Gasteiger charge is 2.50. The molecule has 2 aliphatic rings. The first-order valence-corrected chi connectivity index (χ1v) is 10.3. The molecule has 1 saturated carbocycles. The number of aliphatic hydroxyl groups excluding tert-OH is 1. The lowest BCUT2D eigenvalue weighted by molar-refractivity contribution is -0.141. The zero-order valence-corrected chi connectivity index (χ0v) is 16.6. The Balaban J connectivity index is 1.69. The topological polar surface area (TPSA) is 72.8 Å². The van der Waals surface area contributed by atoms with Gasteiger partial charge in [-0.25, -0.2) is 4.79 Å². The Morgan fingerprint density at radius 1 is 1.36 bits per heavy atom. The lowest BCUT2D eigenvalue weighted by atomic mass is 9.90. The summed E-state index contributed by atoms with van der Waals surface area (Å²) in [4.78, 5) is 24.2. The van der Waals surface area contributed by atoms with Crippen molar-refractivity contribution in [2.75, 3.05) is 0 Å². The predicted octanol–water partition coefficient (Wildman–Crippen LogP) is 3.91. The lowest BCUT2D eigenvalue weighted by Crippen LogP contribution is -2.25. The molecule has 0 bridgehead atoms. The van der Waals surface area contributed by atoms with Gasteiger partial charge in [0.2, 0.25) is 0 Å². The third kappa shape index (κ3) is 4.82. The van der Waals surface area contributed by atoms with Crippen molar-refractivity contribution in [2.24, 2.45) is 17.8 Å². The second-order valence-electron chi connectivity index (χ2n) is 8.01. The standard InChI is InChI=1S/C23H30O5/c1-3-4-8-15(2)19(24)12-11-17-18-13-22(25)27-21(18)14-20(17)28-23(26)16-9-6-5-7-10-16/h5-7,9-12,15,17-21,24H,3-4,8,13-14H2,1-2H3/b12-11+/t15?,17-,18-,19-,20-,21+/m1/s1. The quantitative estimate of drug-likeness (QED) is 0.542. The van der Waals surface area contributed by atoms with Crippen LogP contribution in [0.25, 0.3) is 0 Å². The van der Waals surface area contributed by atoms with E-state index in [1.54, 1.807) is 30.3 Å². The van der Waals surface area contributed by atoms with Crippen LogP contribution in [0.5, 0.6) is 0 Å². The first kappa shape index (κ1) is 20.6. The molecule has 2 fully saturated rings. The second-order valence-corrected chi connectivity index (χ2v) is 8.01. The van der Waals surface area contributed by atoms with Crippen LogP contribution in [0.2, 0.25) is 0 Å². The highest BCUT2D eigenvalue weighted by atomic mass is 16.6. The zero-order valence-electron chi connectivity index (χ0n) is 16.6.